The third-order valence-corrected chi connectivity index (χ3v) is 5.66. The van der Waals surface area contributed by atoms with Gasteiger partial charge in [-0.25, -0.2) is 0 Å². The molecule has 0 aromatic heterocycles. The van der Waals surface area contributed by atoms with Gasteiger partial charge >= 0.3 is 0 Å². The molecule has 30 heavy (non-hydrogen) atoms. The van der Waals surface area contributed by atoms with E-state index in [1.165, 1.54) is 10.9 Å². The molecule has 3 aromatic rings. The number of carbonyl (C=O) groups excluding carboxylic acids is 1. The van der Waals surface area contributed by atoms with Crippen molar-refractivity contribution in [2.75, 3.05) is 40.0 Å². The molecule has 1 aliphatic heterocycles. The number of nitrogens with zero attached hydrogens (tertiary/aromatic N) is 1. The number of amides is 1. The van der Waals surface area contributed by atoms with Gasteiger partial charge in [0, 0.05) is 19.6 Å². The Hall–Kier alpha value is -2.89. The largest absolute Gasteiger partial charge is 0.497 e. The normalized spacial score (nSPS) is 15.6. The first-order valence-corrected chi connectivity index (χ1v) is 10.4. The second-order valence-corrected chi connectivity index (χ2v) is 7.60. The van der Waals surface area contributed by atoms with Crippen molar-refractivity contribution in [1.29, 1.82) is 0 Å². The first-order valence-electron chi connectivity index (χ1n) is 10.4. The van der Waals surface area contributed by atoms with Crippen LogP contribution in [0.15, 0.2) is 66.7 Å². The quantitative estimate of drug-likeness (QED) is 0.654. The Morgan fingerprint density at radius 2 is 1.77 bits per heavy atom. The molecular weight excluding hydrogens is 376 g/mol. The van der Waals surface area contributed by atoms with Crippen LogP contribution < -0.4 is 10.1 Å². The van der Waals surface area contributed by atoms with E-state index in [0.29, 0.717) is 13.0 Å². The number of hydrogen-bond acceptors (Lipinski definition) is 4. The molecule has 1 N–H and O–H groups in total. The monoisotopic (exact) mass is 404 g/mol. The number of methoxy groups -OCH3 is 1. The maximum atomic E-state index is 12.7. The van der Waals surface area contributed by atoms with Gasteiger partial charge in [0.1, 0.15) is 5.75 Å². The van der Waals surface area contributed by atoms with Crippen LogP contribution in [0.2, 0.25) is 0 Å². The lowest BCUT2D eigenvalue weighted by atomic mass is 10.0. The highest BCUT2D eigenvalue weighted by molar-refractivity contribution is 5.85. The average molecular weight is 405 g/mol. The Labute approximate surface area is 177 Å². The lowest BCUT2D eigenvalue weighted by molar-refractivity contribution is -0.120. The van der Waals surface area contributed by atoms with Crippen molar-refractivity contribution in [3.05, 3.63) is 77.9 Å². The standard InChI is InChI=1S/C25H28N2O3/c1-29-23-10-8-21(9-11-23)24(27-12-14-30-15-13-27)18-26-25(28)17-19-6-7-20-4-2-3-5-22(20)16-19/h2-11,16,24H,12-15,17-18H2,1H3,(H,26,28). The van der Waals surface area contributed by atoms with E-state index < -0.39 is 0 Å². The van der Waals surface area contributed by atoms with Crippen molar-refractivity contribution in [2.24, 2.45) is 0 Å². The number of fused-ring (bicyclic) bond motifs is 1. The fourth-order valence-corrected chi connectivity index (χ4v) is 3.98. The lowest BCUT2D eigenvalue weighted by Gasteiger charge is -2.35. The van der Waals surface area contributed by atoms with Gasteiger partial charge < -0.3 is 14.8 Å². The van der Waals surface area contributed by atoms with E-state index in [1.807, 2.05) is 30.3 Å². The fraction of sp³-hybridized carbons (Fsp3) is 0.320. The highest BCUT2D eigenvalue weighted by Gasteiger charge is 2.23. The van der Waals surface area contributed by atoms with Crippen LogP contribution in [-0.2, 0) is 16.0 Å². The third-order valence-electron chi connectivity index (χ3n) is 5.66. The minimum Gasteiger partial charge on any atom is -0.497 e. The zero-order valence-electron chi connectivity index (χ0n) is 17.3. The van der Waals surface area contributed by atoms with E-state index in [2.05, 4.69) is 46.6 Å². The summed E-state index contributed by atoms with van der Waals surface area (Å²) in [6, 6.07) is 22.6. The molecule has 0 bridgehead atoms. The van der Waals surface area contributed by atoms with Crippen LogP contribution in [0.5, 0.6) is 5.75 Å². The summed E-state index contributed by atoms with van der Waals surface area (Å²) in [6.45, 7) is 3.72. The van der Waals surface area contributed by atoms with E-state index in [9.17, 15) is 4.79 Å². The number of hydrogen-bond donors (Lipinski definition) is 1. The average Bonchev–Trinajstić information content (AvgIpc) is 2.80. The molecule has 0 spiro atoms. The van der Waals surface area contributed by atoms with Gasteiger partial charge in [-0.15, -0.1) is 0 Å². The van der Waals surface area contributed by atoms with Crippen LogP contribution in [0.3, 0.4) is 0 Å². The molecule has 156 valence electrons. The molecule has 5 heteroatoms. The van der Waals surface area contributed by atoms with Gasteiger partial charge in [-0.2, -0.15) is 0 Å². The SMILES string of the molecule is COc1ccc(C(CNC(=O)Cc2ccc3ccccc3c2)N2CCOCC2)cc1. The summed E-state index contributed by atoms with van der Waals surface area (Å²) in [5.41, 5.74) is 2.20. The first-order chi connectivity index (χ1) is 14.7. The van der Waals surface area contributed by atoms with Gasteiger partial charge in [0.15, 0.2) is 0 Å². The Morgan fingerprint density at radius 3 is 2.50 bits per heavy atom. The van der Waals surface area contributed by atoms with Crippen molar-refractivity contribution >= 4 is 16.7 Å². The maximum Gasteiger partial charge on any atom is 0.224 e. The summed E-state index contributed by atoms with van der Waals surface area (Å²) in [7, 11) is 1.67. The molecule has 3 aromatic carbocycles. The van der Waals surface area contributed by atoms with E-state index in [1.54, 1.807) is 7.11 Å². The summed E-state index contributed by atoms with van der Waals surface area (Å²) in [4.78, 5) is 15.1. The highest BCUT2D eigenvalue weighted by Crippen LogP contribution is 2.24. The predicted octanol–water partition coefficient (Wildman–Crippen LogP) is 3.58. The molecule has 1 fully saturated rings. The summed E-state index contributed by atoms with van der Waals surface area (Å²) in [5.74, 6) is 0.872. The predicted molar refractivity (Wildman–Crippen MR) is 119 cm³/mol. The Kier molecular flexibility index (Phi) is 6.62. The van der Waals surface area contributed by atoms with E-state index in [4.69, 9.17) is 9.47 Å². The van der Waals surface area contributed by atoms with E-state index >= 15 is 0 Å². The van der Waals surface area contributed by atoms with E-state index in [0.717, 1.165) is 43.0 Å². The number of morpholine rings is 1. The Balaban J connectivity index is 1.43. The highest BCUT2D eigenvalue weighted by atomic mass is 16.5. The van der Waals surface area contributed by atoms with Crippen LogP contribution in [0, 0.1) is 0 Å². The van der Waals surface area contributed by atoms with Crippen molar-refractivity contribution in [3.8, 4) is 5.75 Å². The zero-order valence-corrected chi connectivity index (χ0v) is 17.3. The van der Waals surface area contributed by atoms with Crippen molar-refractivity contribution in [1.82, 2.24) is 10.2 Å². The molecule has 0 saturated carbocycles. The van der Waals surface area contributed by atoms with Crippen LogP contribution in [0.4, 0.5) is 0 Å². The van der Waals surface area contributed by atoms with Gasteiger partial charge in [0.25, 0.3) is 0 Å². The van der Waals surface area contributed by atoms with Crippen LogP contribution in [-0.4, -0.2) is 50.8 Å². The summed E-state index contributed by atoms with van der Waals surface area (Å²) in [6.07, 6.45) is 0.378. The second kappa shape index (κ2) is 9.74. The third kappa shape index (κ3) is 4.99. The molecule has 1 amide bonds. The van der Waals surface area contributed by atoms with Crippen LogP contribution in [0.1, 0.15) is 17.2 Å². The minimum atomic E-state index is 0.0389. The van der Waals surface area contributed by atoms with Gasteiger partial charge in [-0.3, -0.25) is 9.69 Å². The summed E-state index contributed by atoms with van der Waals surface area (Å²) in [5, 5.41) is 5.50. The van der Waals surface area contributed by atoms with Crippen molar-refractivity contribution < 1.29 is 14.3 Å². The number of benzene rings is 3. The fourth-order valence-electron chi connectivity index (χ4n) is 3.98. The maximum absolute atomic E-state index is 12.7. The molecule has 1 heterocycles. The Bertz CT molecular complexity index is 981. The smallest absolute Gasteiger partial charge is 0.224 e. The number of rotatable bonds is 7. The first kappa shape index (κ1) is 20.4. The second-order valence-electron chi connectivity index (χ2n) is 7.60. The van der Waals surface area contributed by atoms with Gasteiger partial charge in [-0.05, 0) is 34.0 Å². The number of ether oxygens (including phenoxy) is 2. The molecule has 1 atom stereocenters. The molecule has 1 saturated heterocycles. The number of nitrogens with one attached hydrogen (secondary N) is 1. The lowest BCUT2D eigenvalue weighted by Crippen LogP contribution is -2.44. The molecule has 1 unspecified atom stereocenters. The topological polar surface area (TPSA) is 50.8 Å². The molecule has 0 aliphatic carbocycles. The molecule has 5 nitrogen and oxygen atoms in total. The van der Waals surface area contributed by atoms with Crippen molar-refractivity contribution in [3.63, 3.8) is 0 Å². The van der Waals surface area contributed by atoms with Crippen molar-refractivity contribution in [2.45, 2.75) is 12.5 Å². The number of carbonyl (C=O) groups is 1. The summed E-state index contributed by atoms with van der Waals surface area (Å²) >= 11 is 0. The summed E-state index contributed by atoms with van der Waals surface area (Å²) < 4.78 is 10.8. The Morgan fingerprint density at radius 1 is 1.03 bits per heavy atom. The van der Waals surface area contributed by atoms with E-state index in [-0.39, 0.29) is 11.9 Å². The minimum absolute atomic E-state index is 0.0389. The molecular formula is C25H28N2O3. The molecule has 4 rings (SSSR count). The van der Waals surface area contributed by atoms with Crippen LogP contribution >= 0.6 is 0 Å². The van der Waals surface area contributed by atoms with Gasteiger partial charge in [0.05, 0.1) is 32.8 Å². The van der Waals surface area contributed by atoms with Crippen LogP contribution in [0.25, 0.3) is 10.8 Å². The zero-order chi connectivity index (χ0) is 20.8. The van der Waals surface area contributed by atoms with Gasteiger partial charge in [-0.1, -0.05) is 54.6 Å². The van der Waals surface area contributed by atoms with Gasteiger partial charge in [0.2, 0.25) is 5.91 Å². The molecule has 0 radical (unpaired) electrons. The molecule has 1 aliphatic rings.